The van der Waals surface area contributed by atoms with Gasteiger partial charge in [-0.05, 0) is 20.8 Å². The van der Waals surface area contributed by atoms with Crippen LogP contribution in [-0.4, -0.2) is 18.9 Å². The molecule has 0 fully saturated rings. The molecule has 0 saturated carbocycles. The Labute approximate surface area is 60.0 Å². The van der Waals surface area contributed by atoms with E-state index in [9.17, 15) is 4.79 Å². The van der Waals surface area contributed by atoms with Gasteiger partial charge in [0.25, 0.3) is 0 Å². The highest BCUT2D eigenvalue weighted by molar-refractivity contribution is 5.36. The van der Waals surface area contributed by atoms with Gasteiger partial charge in [-0.3, -0.25) is 4.89 Å². The molecule has 0 aliphatic rings. The van der Waals surface area contributed by atoms with Gasteiger partial charge in [0.2, 0.25) is 0 Å². The van der Waals surface area contributed by atoms with E-state index >= 15 is 0 Å². The predicted octanol–water partition coefficient (Wildman–Crippen LogP) is 0.774. The Kier molecular flexibility index (Phi) is 3.99. The Morgan fingerprint density at radius 2 is 2.00 bits per heavy atom. The Morgan fingerprint density at radius 3 is 2.40 bits per heavy atom. The van der Waals surface area contributed by atoms with Crippen LogP contribution in [0, 0.1) is 0 Å². The lowest BCUT2D eigenvalue weighted by Crippen LogP contribution is -2.20. The Bertz CT molecular complexity index is 94.4. The zero-order chi connectivity index (χ0) is 8.04. The number of hydrogen-bond donors (Lipinski definition) is 0. The molecular weight excluding hydrogens is 136 g/mol. The molecule has 0 amide bonds. The van der Waals surface area contributed by atoms with E-state index in [1.54, 1.807) is 0 Å². The first-order valence-corrected chi connectivity index (χ1v) is 2.86. The summed E-state index contributed by atoms with van der Waals surface area (Å²) in [4.78, 5) is 17.4. The van der Waals surface area contributed by atoms with Crippen LogP contribution in [0.3, 0.4) is 0 Å². The quantitative estimate of drug-likeness (QED) is 0.255. The van der Waals surface area contributed by atoms with Crippen molar-refractivity contribution in [2.45, 2.75) is 26.4 Å². The van der Waals surface area contributed by atoms with Gasteiger partial charge in [-0.1, -0.05) is 0 Å². The summed E-state index contributed by atoms with van der Waals surface area (Å²) in [5, 5.41) is 0. The minimum absolute atomic E-state index is 0.0707. The molecule has 0 saturated heterocycles. The van der Waals surface area contributed by atoms with Gasteiger partial charge in [-0.2, -0.15) is 4.89 Å². The highest BCUT2D eigenvalue weighted by Gasteiger charge is 2.09. The number of hydrogen-bond acceptors (Lipinski definition) is 4. The number of ether oxygens (including phenoxy) is 1. The van der Waals surface area contributed by atoms with Gasteiger partial charge in [0.05, 0.1) is 5.60 Å². The van der Waals surface area contributed by atoms with Gasteiger partial charge >= 0.3 is 6.47 Å². The molecule has 1 radical (unpaired) electrons. The molecule has 0 heterocycles. The summed E-state index contributed by atoms with van der Waals surface area (Å²) in [7, 11) is 0. The Balaban J connectivity index is 3.12. The second-order valence-corrected chi connectivity index (χ2v) is 2.66. The third-order valence-corrected chi connectivity index (χ3v) is 0.633. The second kappa shape index (κ2) is 4.24. The maximum Gasteiger partial charge on any atom is 0.453 e. The molecule has 59 valence electrons. The van der Waals surface area contributed by atoms with E-state index in [4.69, 9.17) is 4.74 Å². The van der Waals surface area contributed by atoms with Crippen molar-refractivity contribution in [3.8, 4) is 0 Å². The normalized spacial score (nSPS) is 11.1. The molecule has 0 unspecified atom stereocenters. The van der Waals surface area contributed by atoms with Crippen LogP contribution in [0.4, 0.5) is 0 Å². The summed E-state index contributed by atoms with van der Waals surface area (Å²) in [6.07, 6.45) is 0. The van der Waals surface area contributed by atoms with Crippen molar-refractivity contribution in [3.05, 3.63) is 0 Å². The largest absolute Gasteiger partial charge is 0.453 e. The first-order valence-electron chi connectivity index (χ1n) is 2.86. The van der Waals surface area contributed by atoms with Crippen LogP contribution in [0.2, 0.25) is 0 Å². The zero-order valence-corrected chi connectivity index (χ0v) is 6.34. The van der Waals surface area contributed by atoms with Crippen LogP contribution < -0.4 is 0 Å². The van der Waals surface area contributed by atoms with E-state index in [1.165, 1.54) is 0 Å². The van der Waals surface area contributed by atoms with E-state index in [0.717, 1.165) is 6.47 Å². The highest BCUT2D eigenvalue weighted by atomic mass is 17.2. The average Bonchev–Trinajstić information content (AvgIpc) is 1.78. The van der Waals surface area contributed by atoms with Crippen molar-refractivity contribution in [2.24, 2.45) is 0 Å². The third-order valence-electron chi connectivity index (χ3n) is 0.633. The maximum atomic E-state index is 9.40. The molecule has 0 atom stereocenters. The van der Waals surface area contributed by atoms with Gasteiger partial charge in [0, 0.05) is 0 Å². The van der Waals surface area contributed by atoms with E-state index in [1.807, 2.05) is 20.8 Å². The molecule has 0 aromatic rings. The van der Waals surface area contributed by atoms with Crippen molar-refractivity contribution in [1.29, 1.82) is 0 Å². The smallest absolute Gasteiger partial charge is 0.346 e. The van der Waals surface area contributed by atoms with Crippen molar-refractivity contribution in [1.82, 2.24) is 0 Å². The lowest BCUT2D eigenvalue weighted by atomic mass is 10.2. The first-order chi connectivity index (χ1) is 4.56. The van der Waals surface area contributed by atoms with Crippen LogP contribution in [0.1, 0.15) is 20.8 Å². The molecule has 0 aliphatic heterocycles. The maximum absolute atomic E-state index is 9.40. The minimum atomic E-state index is -0.285. The molecule has 0 bridgehead atoms. The van der Waals surface area contributed by atoms with E-state index in [2.05, 4.69) is 9.78 Å². The van der Waals surface area contributed by atoms with Crippen LogP contribution >= 0.6 is 0 Å². The van der Waals surface area contributed by atoms with Gasteiger partial charge in [-0.25, -0.2) is 4.79 Å². The molecule has 0 aromatic carbocycles. The molecule has 0 spiro atoms. The fraction of sp³-hybridized carbons (Fsp3) is 0.833. The lowest BCUT2D eigenvalue weighted by molar-refractivity contribution is -0.295. The molecule has 10 heavy (non-hydrogen) atoms. The van der Waals surface area contributed by atoms with E-state index < -0.39 is 0 Å². The van der Waals surface area contributed by atoms with Gasteiger partial charge in [-0.15, -0.1) is 0 Å². The van der Waals surface area contributed by atoms with Gasteiger partial charge in [0.1, 0.15) is 0 Å². The lowest BCUT2D eigenvalue weighted by Gasteiger charge is -2.17. The van der Waals surface area contributed by atoms with Crippen molar-refractivity contribution >= 4 is 6.47 Å². The summed E-state index contributed by atoms with van der Waals surface area (Å²) in [5.74, 6) is 0. The van der Waals surface area contributed by atoms with Crippen LogP contribution in [0.25, 0.3) is 0 Å². The van der Waals surface area contributed by atoms with Crippen LogP contribution in [0.15, 0.2) is 0 Å². The summed E-state index contributed by atoms with van der Waals surface area (Å²) in [6, 6.07) is 0. The standard InChI is InChI=1S/C6H11O4/c1-6(2,3)8-5-10-9-4-7/h5H2,1-3H3. The molecule has 4 nitrogen and oxygen atoms in total. The highest BCUT2D eigenvalue weighted by Crippen LogP contribution is 2.05. The van der Waals surface area contributed by atoms with Gasteiger partial charge in [0.15, 0.2) is 6.79 Å². The van der Waals surface area contributed by atoms with Crippen LogP contribution in [0.5, 0.6) is 0 Å². The predicted molar refractivity (Wildman–Crippen MR) is 33.6 cm³/mol. The molecule has 0 N–H and O–H groups in total. The van der Waals surface area contributed by atoms with E-state index in [-0.39, 0.29) is 12.4 Å². The summed E-state index contributed by atoms with van der Waals surface area (Å²) < 4.78 is 5.01. The molecule has 0 aliphatic carbocycles. The third kappa shape index (κ3) is 7.39. The monoisotopic (exact) mass is 147 g/mol. The number of rotatable bonds is 4. The summed E-state index contributed by atoms with van der Waals surface area (Å²) in [6.45, 7) is 6.62. The molecular formula is C6H11O4. The Hall–Kier alpha value is -0.610. The fourth-order valence-corrected chi connectivity index (χ4v) is 0.249. The van der Waals surface area contributed by atoms with E-state index in [0.29, 0.717) is 0 Å². The molecule has 4 heteroatoms. The van der Waals surface area contributed by atoms with Crippen molar-refractivity contribution in [2.75, 3.05) is 6.79 Å². The zero-order valence-electron chi connectivity index (χ0n) is 6.34. The van der Waals surface area contributed by atoms with Crippen molar-refractivity contribution in [3.63, 3.8) is 0 Å². The van der Waals surface area contributed by atoms with Crippen molar-refractivity contribution < 1.29 is 19.3 Å². The first kappa shape index (κ1) is 9.39. The van der Waals surface area contributed by atoms with Crippen LogP contribution in [-0.2, 0) is 19.3 Å². The average molecular weight is 147 g/mol. The summed E-state index contributed by atoms with van der Waals surface area (Å²) >= 11 is 0. The number of carbonyl (C=O) groups excluding carboxylic acids is 1. The SMILES string of the molecule is CC(C)(C)OCOO[C]=O. The second-order valence-electron chi connectivity index (χ2n) is 2.66. The van der Waals surface area contributed by atoms with Gasteiger partial charge < -0.3 is 4.74 Å². The minimum Gasteiger partial charge on any atom is -0.346 e. The fourth-order valence-electron chi connectivity index (χ4n) is 0.249. The molecule has 0 rings (SSSR count). The Morgan fingerprint density at radius 1 is 1.40 bits per heavy atom. The topological polar surface area (TPSA) is 44.8 Å². The summed E-state index contributed by atoms with van der Waals surface area (Å²) in [5.41, 5.74) is -0.285. The molecule has 0 aromatic heterocycles.